The molecule has 6 heteroatoms. The summed E-state index contributed by atoms with van der Waals surface area (Å²) in [6.45, 7) is 2.70. The third kappa shape index (κ3) is 3.64. The van der Waals surface area contributed by atoms with E-state index in [-0.39, 0.29) is 11.1 Å². The van der Waals surface area contributed by atoms with Crippen LogP contribution >= 0.6 is 11.6 Å². The second-order valence-electron chi connectivity index (χ2n) is 4.34. The molecule has 1 saturated heterocycles. The van der Waals surface area contributed by atoms with E-state index in [0.29, 0.717) is 31.9 Å². The Morgan fingerprint density at radius 2 is 2.42 bits per heavy atom. The van der Waals surface area contributed by atoms with E-state index in [1.165, 1.54) is 6.07 Å². The van der Waals surface area contributed by atoms with Gasteiger partial charge in [0.05, 0.1) is 18.2 Å². The van der Waals surface area contributed by atoms with E-state index < -0.39 is 11.9 Å². The van der Waals surface area contributed by atoms with E-state index in [0.717, 1.165) is 6.54 Å². The van der Waals surface area contributed by atoms with Gasteiger partial charge in [0.1, 0.15) is 18.0 Å². The second kappa shape index (κ2) is 7.17. The number of hydrogen-bond acceptors (Lipinski definition) is 4. The minimum atomic E-state index is -0.505. The zero-order valence-corrected chi connectivity index (χ0v) is 11.3. The van der Waals surface area contributed by atoms with Crippen molar-refractivity contribution in [2.45, 2.75) is 12.2 Å². The number of rotatable bonds is 5. The van der Waals surface area contributed by atoms with Crippen LogP contribution in [0.2, 0.25) is 5.02 Å². The minimum Gasteiger partial charge on any atom is -0.372 e. The molecule has 1 aromatic rings. The summed E-state index contributed by atoms with van der Waals surface area (Å²) >= 11 is 5.82. The molecule has 0 unspecified atom stereocenters. The zero-order valence-electron chi connectivity index (χ0n) is 10.6. The van der Waals surface area contributed by atoms with Crippen molar-refractivity contribution in [3.8, 4) is 0 Å². The Bertz CT molecular complexity index is 414. The molecule has 0 spiro atoms. The predicted octanol–water partition coefficient (Wildman–Crippen LogP) is 1.48. The zero-order chi connectivity index (χ0) is 13.7. The maximum atomic E-state index is 14.1. The number of hydrogen-bond donors (Lipinski definition) is 2. The average molecular weight is 289 g/mol. The number of nitrogens with one attached hydrogen (secondary N) is 1. The molecule has 0 aliphatic carbocycles. The maximum absolute atomic E-state index is 14.1. The first-order valence-corrected chi connectivity index (χ1v) is 6.69. The van der Waals surface area contributed by atoms with Crippen LogP contribution in [-0.2, 0) is 9.47 Å². The van der Waals surface area contributed by atoms with Gasteiger partial charge in [-0.25, -0.2) is 4.39 Å². The summed E-state index contributed by atoms with van der Waals surface area (Å²) in [5.41, 5.74) is 5.86. The van der Waals surface area contributed by atoms with Gasteiger partial charge in [-0.15, -0.1) is 0 Å². The van der Waals surface area contributed by atoms with Crippen molar-refractivity contribution in [2.75, 3.05) is 32.8 Å². The smallest absolute Gasteiger partial charge is 0.147 e. The highest BCUT2D eigenvalue weighted by molar-refractivity contribution is 6.30. The van der Waals surface area contributed by atoms with E-state index >= 15 is 0 Å². The molecule has 1 fully saturated rings. The van der Waals surface area contributed by atoms with E-state index in [4.69, 9.17) is 26.8 Å². The molecule has 0 saturated carbocycles. The topological polar surface area (TPSA) is 56.5 Å². The Labute approximate surface area is 117 Å². The Kier molecular flexibility index (Phi) is 5.54. The van der Waals surface area contributed by atoms with Gasteiger partial charge in [0.25, 0.3) is 0 Å². The molecule has 19 heavy (non-hydrogen) atoms. The number of ether oxygens (including phenoxy) is 2. The Morgan fingerprint density at radius 3 is 3.11 bits per heavy atom. The van der Waals surface area contributed by atoms with Gasteiger partial charge in [-0.05, 0) is 6.07 Å². The highest BCUT2D eigenvalue weighted by atomic mass is 35.5. The number of nitrogens with two attached hydrogens (primary N) is 1. The molecule has 106 valence electrons. The van der Waals surface area contributed by atoms with Crippen LogP contribution in [0.15, 0.2) is 18.2 Å². The molecule has 0 radical (unpaired) electrons. The van der Waals surface area contributed by atoms with Crippen LogP contribution in [0.1, 0.15) is 11.7 Å². The summed E-state index contributed by atoms with van der Waals surface area (Å²) in [7, 11) is 0. The summed E-state index contributed by atoms with van der Waals surface area (Å²) in [5, 5.41) is 3.29. The molecule has 0 aromatic heterocycles. The molecule has 2 atom stereocenters. The SMILES string of the molecule is NCCO[C@@H](c1cccc(Cl)c1F)[C@H]1CNCCO1. The van der Waals surface area contributed by atoms with E-state index in [9.17, 15) is 4.39 Å². The van der Waals surface area contributed by atoms with Gasteiger partial charge in [0, 0.05) is 25.2 Å². The molecule has 1 heterocycles. The standard InChI is InChI=1S/C13H18ClFN2O2/c14-10-3-1-2-9(12(10)15)13(19-6-4-16)11-8-17-5-7-18-11/h1-3,11,13,17H,4-8,16H2/t11-,13+/m1/s1. The first kappa shape index (κ1) is 14.7. The normalized spacial score (nSPS) is 21.3. The molecular weight excluding hydrogens is 271 g/mol. The van der Waals surface area contributed by atoms with Gasteiger partial charge in [0.15, 0.2) is 0 Å². The first-order chi connectivity index (χ1) is 9.24. The quantitative estimate of drug-likeness (QED) is 0.862. The molecule has 0 amide bonds. The fourth-order valence-corrected chi connectivity index (χ4v) is 2.29. The van der Waals surface area contributed by atoms with Gasteiger partial charge in [-0.1, -0.05) is 23.7 Å². The molecule has 1 aromatic carbocycles. The number of morpholine rings is 1. The first-order valence-electron chi connectivity index (χ1n) is 6.32. The number of halogens is 2. The van der Waals surface area contributed by atoms with Crippen LogP contribution in [-0.4, -0.2) is 39.0 Å². The summed E-state index contributed by atoms with van der Waals surface area (Å²) in [4.78, 5) is 0. The van der Waals surface area contributed by atoms with Crippen LogP contribution in [0.5, 0.6) is 0 Å². The van der Waals surface area contributed by atoms with Crippen molar-refractivity contribution in [2.24, 2.45) is 5.73 Å². The van der Waals surface area contributed by atoms with Crippen LogP contribution in [0.25, 0.3) is 0 Å². The fraction of sp³-hybridized carbons (Fsp3) is 0.538. The lowest BCUT2D eigenvalue weighted by molar-refractivity contribution is -0.0857. The van der Waals surface area contributed by atoms with Gasteiger partial charge in [0.2, 0.25) is 0 Å². The van der Waals surface area contributed by atoms with E-state index in [1.54, 1.807) is 12.1 Å². The lowest BCUT2D eigenvalue weighted by Crippen LogP contribution is -2.43. The van der Waals surface area contributed by atoms with Gasteiger partial charge < -0.3 is 20.5 Å². The average Bonchev–Trinajstić information content (AvgIpc) is 2.45. The summed E-state index contributed by atoms with van der Waals surface area (Å²) < 4.78 is 25.4. The molecule has 1 aliphatic heterocycles. The molecule has 1 aliphatic rings. The van der Waals surface area contributed by atoms with Gasteiger partial charge in [-0.3, -0.25) is 0 Å². The largest absolute Gasteiger partial charge is 0.372 e. The van der Waals surface area contributed by atoms with Gasteiger partial charge >= 0.3 is 0 Å². The molecular formula is C13H18ClFN2O2. The highest BCUT2D eigenvalue weighted by Gasteiger charge is 2.29. The summed E-state index contributed by atoms with van der Waals surface area (Å²) in [6, 6.07) is 4.89. The van der Waals surface area contributed by atoms with Crippen LogP contribution < -0.4 is 11.1 Å². The molecule has 4 nitrogen and oxygen atoms in total. The summed E-state index contributed by atoms with van der Waals surface area (Å²) in [5.74, 6) is -0.458. The van der Waals surface area contributed by atoms with Crippen LogP contribution in [0.3, 0.4) is 0 Å². The lowest BCUT2D eigenvalue weighted by atomic mass is 10.0. The fourth-order valence-electron chi connectivity index (χ4n) is 2.11. The third-order valence-electron chi connectivity index (χ3n) is 3.00. The third-order valence-corrected chi connectivity index (χ3v) is 3.29. The Hall–Kier alpha value is -0.720. The second-order valence-corrected chi connectivity index (χ2v) is 4.74. The monoisotopic (exact) mass is 288 g/mol. The van der Waals surface area contributed by atoms with Crippen LogP contribution in [0, 0.1) is 5.82 Å². The maximum Gasteiger partial charge on any atom is 0.147 e. The van der Waals surface area contributed by atoms with Gasteiger partial charge in [-0.2, -0.15) is 0 Å². The Morgan fingerprint density at radius 1 is 1.58 bits per heavy atom. The highest BCUT2D eigenvalue weighted by Crippen LogP contribution is 2.29. The van der Waals surface area contributed by atoms with Crippen molar-refractivity contribution in [1.82, 2.24) is 5.32 Å². The van der Waals surface area contributed by atoms with Crippen LogP contribution in [0.4, 0.5) is 4.39 Å². The van der Waals surface area contributed by atoms with Crippen molar-refractivity contribution >= 4 is 11.6 Å². The number of benzene rings is 1. The molecule has 0 bridgehead atoms. The lowest BCUT2D eigenvalue weighted by Gasteiger charge is -2.31. The van der Waals surface area contributed by atoms with Crippen molar-refractivity contribution in [3.63, 3.8) is 0 Å². The predicted molar refractivity (Wildman–Crippen MR) is 71.8 cm³/mol. The van der Waals surface area contributed by atoms with E-state index in [1.807, 2.05) is 0 Å². The van der Waals surface area contributed by atoms with Crippen molar-refractivity contribution in [1.29, 1.82) is 0 Å². The Balaban J connectivity index is 2.22. The molecule has 2 rings (SSSR count). The van der Waals surface area contributed by atoms with Crippen molar-refractivity contribution < 1.29 is 13.9 Å². The molecule has 3 N–H and O–H groups in total. The van der Waals surface area contributed by atoms with E-state index in [2.05, 4.69) is 5.32 Å². The van der Waals surface area contributed by atoms with Crippen molar-refractivity contribution in [3.05, 3.63) is 34.6 Å². The summed E-state index contributed by atoms with van der Waals surface area (Å²) in [6.07, 6.45) is -0.747. The minimum absolute atomic E-state index is 0.0858.